The molecule has 0 spiro atoms. The molecule has 0 aliphatic rings. The van der Waals surface area contributed by atoms with E-state index in [2.05, 4.69) is 26.2 Å². The van der Waals surface area contributed by atoms with Crippen molar-refractivity contribution in [3.05, 3.63) is 94.2 Å². The van der Waals surface area contributed by atoms with Gasteiger partial charge in [-0.15, -0.1) is 0 Å². The first kappa shape index (κ1) is 23.6. The van der Waals surface area contributed by atoms with Crippen LogP contribution in [0, 0.1) is 6.92 Å². The molecule has 7 heteroatoms. The van der Waals surface area contributed by atoms with E-state index in [9.17, 15) is 14.7 Å². The number of carboxylic acid groups (broad SMARTS) is 1. The lowest BCUT2D eigenvalue weighted by molar-refractivity contribution is -0.138. The van der Waals surface area contributed by atoms with Crippen LogP contribution in [0.3, 0.4) is 0 Å². The molecule has 0 aliphatic carbocycles. The predicted molar refractivity (Wildman–Crippen MR) is 136 cm³/mol. The highest BCUT2D eigenvalue weighted by atomic mass is 79.9. The molecule has 0 aliphatic heterocycles. The van der Waals surface area contributed by atoms with Gasteiger partial charge in [-0.3, -0.25) is 14.6 Å². The number of aromatic nitrogens is 2. The Morgan fingerprint density at radius 3 is 2.47 bits per heavy atom. The maximum atomic E-state index is 13.6. The average molecular weight is 518 g/mol. The quantitative estimate of drug-likeness (QED) is 0.336. The molecule has 0 radical (unpaired) electrons. The van der Waals surface area contributed by atoms with Crippen molar-refractivity contribution in [2.45, 2.75) is 25.7 Å². The molecule has 0 bridgehead atoms. The molecule has 0 fully saturated rings. The van der Waals surface area contributed by atoms with Crippen LogP contribution in [0.15, 0.2) is 77.4 Å². The lowest BCUT2D eigenvalue weighted by Gasteiger charge is -2.28. The Labute approximate surface area is 206 Å². The molecule has 172 valence electrons. The highest BCUT2D eigenvalue weighted by Gasteiger charge is 2.32. The van der Waals surface area contributed by atoms with Gasteiger partial charge in [0.1, 0.15) is 0 Å². The zero-order valence-corrected chi connectivity index (χ0v) is 20.5. The number of carbonyl (C=O) groups is 2. The van der Waals surface area contributed by atoms with Crippen molar-refractivity contribution >= 4 is 38.7 Å². The number of benzene rings is 2. The number of rotatable bonds is 7. The molecule has 0 saturated carbocycles. The van der Waals surface area contributed by atoms with Gasteiger partial charge in [0, 0.05) is 39.3 Å². The minimum absolute atomic E-state index is 0.118. The second-order valence-electron chi connectivity index (χ2n) is 8.52. The van der Waals surface area contributed by atoms with Crippen LogP contribution in [0.4, 0.5) is 0 Å². The van der Waals surface area contributed by atoms with Crippen LogP contribution < -0.4 is 5.32 Å². The minimum Gasteiger partial charge on any atom is -0.481 e. The normalized spacial score (nSPS) is 12.8. The van der Waals surface area contributed by atoms with Gasteiger partial charge in [0.2, 0.25) is 0 Å². The lowest BCUT2D eigenvalue weighted by Crippen LogP contribution is -2.41. The van der Waals surface area contributed by atoms with Gasteiger partial charge in [-0.25, -0.2) is 4.98 Å². The number of pyridine rings is 2. The summed E-state index contributed by atoms with van der Waals surface area (Å²) in [6.07, 6.45) is 1.46. The number of carbonyl (C=O) groups excluding carboxylic acids is 1. The van der Waals surface area contributed by atoms with Gasteiger partial charge in [-0.1, -0.05) is 59.3 Å². The molecule has 1 amide bonds. The molecule has 1 unspecified atom stereocenters. The van der Waals surface area contributed by atoms with Crippen molar-refractivity contribution in [1.29, 1.82) is 0 Å². The molecule has 2 heterocycles. The average Bonchev–Trinajstić information content (AvgIpc) is 2.83. The summed E-state index contributed by atoms with van der Waals surface area (Å²) in [7, 11) is 0. The van der Waals surface area contributed by atoms with E-state index >= 15 is 0 Å². The van der Waals surface area contributed by atoms with Crippen molar-refractivity contribution in [1.82, 2.24) is 15.3 Å². The summed E-state index contributed by atoms with van der Waals surface area (Å²) < 4.78 is 0.840. The van der Waals surface area contributed by atoms with Gasteiger partial charge >= 0.3 is 5.97 Å². The Balaban J connectivity index is 1.76. The summed E-state index contributed by atoms with van der Waals surface area (Å²) >= 11 is 3.50. The minimum atomic E-state index is -0.955. The Bertz CT molecular complexity index is 1360. The molecule has 0 saturated heterocycles. The van der Waals surface area contributed by atoms with Crippen molar-refractivity contribution in [3.8, 4) is 11.3 Å². The maximum absolute atomic E-state index is 13.6. The van der Waals surface area contributed by atoms with Crippen molar-refractivity contribution in [3.63, 3.8) is 0 Å². The molecule has 2 aromatic carbocycles. The lowest BCUT2D eigenvalue weighted by atomic mass is 9.82. The Morgan fingerprint density at radius 2 is 1.79 bits per heavy atom. The van der Waals surface area contributed by atoms with Gasteiger partial charge in [0.05, 0.1) is 23.2 Å². The number of carboxylic acids is 1. The summed E-state index contributed by atoms with van der Waals surface area (Å²) in [6, 6.07) is 20.8. The monoisotopic (exact) mass is 517 g/mol. The largest absolute Gasteiger partial charge is 0.481 e. The van der Waals surface area contributed by atoms with E-state index in [0.29, 0.717) is 16.8 Å². The van der Waals surface area contributed by atoms with Gasteiger partial charge in [-0.05, 0) is 42.8 Å². The standard InChI is InChI=1S/C27H24BrN3O3/c1-17-24(26(34)30-16-27(2,15-23(32)33)22-10-6-7-13-29-22)20-14-19(28)11-12-21(20)31-25(17)18-8-4-3-5-9-18/h3-14H,15-16H2,1-2H3,(H,30,34)(H,32,33). The zero-order valence-electron chi connectivity index (χ0n) is 18.9. The van der Waals surface area contributed by atoms with Crippen LogP contribution in [0.2, 0.25) is 0 Å². The summed E-state index contributed by atoms with van der Waals surface area (Å²) in [6.45, 7) is 3.81. The maximum Gasteiger partial charge on any atom is 0.304 e. The van der Waals surface area contributed by atoms with Crippen LogP contribution in [0.25, 0.3) is 22.2 Å². The number of hydrogen-bond donors (Lipinski definition) is 2. The third-order valence-corrected chi connectivity index (χ3v) is 6.42. The second-order valence-corrected chi connectivity index (χ2v) is 9.43. The molecule has 4 rings (SSSR count). The first-order valence-corrected chi connectivity index (χ1v) is 11.6. The Morgan fingerprint density at radius 1 is 1.06 bits per heavy atom. The molecule has 6 nitrogen and oxygen atoms in total. The fourth-order valence-corrected chi connectivity index (χ4v) is 4.52. The highest BCUT2D eigenvalue weighted by Crippen LogP contribution is 2.32. The number of amides is 1. The molecular formula is C27H24BrN3O3. The van der Waals surface area contributed by atoms with Crippen LogP contribution >= 0.6 is 15.9 Å². The molecular weight excluding hydrogens is 494 g/mol. The first-order chi connectivity index (χ1) is 16.3. The first-order valence-electron chi connectivity index (χ1n) is 10.9. The Hall–Kier alpha value is -3.58. The Kier molecular flexibility index (Phi) is 6.75. The van der Waals surface area contributed by atoms with Gasteiger partial charge < -0.3 is 10.4 Å². The van der Waals surface area contributed by atoms with E-state index in [1.165, 1.54) is 0 Å². The smallest absolute Gasteiger partial charge is 0.304 e. The SMILES string of the molecule is Cc1c(-c2ccccc2)nc2ccc(Br)cc2c1C(=O)NCC(C)(CC(=O)O)c1ccccn1. The third-order valence-electron chi connectivity index (χ3n) is 5.93. The molecule has 2 N–H and O–H groups in total. The van der Waals surface area contributed by atoms with E-state index < -0.39 is 11.4 Å². The summed E-state index contributed by atoms with van der Waals surface area (Å²) in [5.74, 6) is -1.24. The van der Waals surface area contributed by atoms with Gasteiger partial charge in [0.15, 0.2) is 0 Å². The van der Waals surface area contributed by atoms with Gasteiger partial charge in [-0.2, -0.15) is 0 Å². The van der Waals surface area contributed by atoms with Crippen LogP contribution in [-0.4, -0.2) is 33.5 Å². The summed E-state index contributed by atoms with van der Waals surface area (Å²) in [5, 5.41) is 13.2. The number of nitrogens with one attached hydrogen (secondary N) is 1. The van der Waals surface area contributed by atoms with Crippen molar-refractivity contribution in [2.24, 2.45) is 0 Å². The van der Waals surface area contributed by atoms with E-state index in [1.807, 2.05) is 61.5 Å². The molecule has 1 atom stereocenters. The van der Waals surface area contributed by atoms with Crippen LogP contribution in [0.1, 0.15) is 35.0 Å². The second kappa shape index (κ2) is 9.73. The summed E-state index contributed by atoms with van der Waals surface area (Å²) in [5.41, 5.74) is 3.37. The highest BCUT2D eigenvalue weighted by molar-refractivity contribution is 9.10. The predicted octanol–water partition coefficient (Wildman–Crippen LogP) is 5.53. The van der Waals surface area contributed by atoms with E-state index in [0.717, 1.165) is 26.7 Å². The third kappa shape index (κ3) is 4.84. The number of halogens is 1. The van der Waals surface area contributed by atoms with E-state index in [1.54, 1.807) is 25.3 Å². The fraction of sp³-hybridized carbons (Fsp3) is 0.185. The van der Waals surface area contributed by atoms with E-state index in [-0.39, 0.29) is 18.9 Å². The number of aliphatic carboxylic acids is 1. The van der Waals surface area contributed by atoms with Crippen LogP contribution in [-0.2, 0) is 10.2 Å². The number of fused-ring (bicyclic) bond motifs is 1. The number of nitrogens with zero attached hydrogens (tertiary/aromatic N) is 2. The van der Waals surface area contributed by atoms with Crippen LogP contribution in [0.5, 0.6) is 0 Å². The van der Waals surface area contributed by atoms with Gasteiger partial charge in [0.25, 0.3) is 5.91 Å². The molecule has 4 aromatic rings. The topological polar surface area (TPSA) is 92.2 Å². The molecule has 34 heavy (non-hydrogen) atoms. The van der Waals surface area contributed by atoms with E-state index in [4.69, 9.17) is 4.98 Å². The fourth-order valence-electron chi connectivity index (χ4n) is 4.16. The number of hydrogen-bond acceptors (Lipinski definition) is 4. The summed E-state index contributed by atoms with van der Waals surface area (Å²) in [4.78, 5) is 34.4. The van der Waals surface area contributed by atoms with Crippen molar-refractivity contribution in [2.75, 3.05) is 6.54 Å². The molecule has 2 aromatic heterocycles. The van der Waals surface area contributed by atoms with Crippen molar-refractivity contribution < 1.29 is 14.7 Å². The zero-order chi connectivity index (χ0) is 24.3.